The lowest BCUT2D eigenvalue weighted by atomic mass is 9.43. The number of carboxylic acids is 1. The summed E-state index contributed by atoms with van der Waals surface area (Å²) in [6.07, 6.45) is 13.1. The van der Waals surface area contributed by atoms with Crippen LogP contribution in [0.4, 0.5) is 0 Å². The van der Waals surface area contributed by atoms with Gasteiger partial charge in [0.15, 0.2) is 0 Å². The van der Waals surface area contributed by atoms with E-state index in [0.717, 1.165) is 96.3 Å². The zero-order valence-corrected chi connectivity index (χ0v) is 37.1. The first-order chi connectivity index (χ1) is 27.2. The van der Waals surface area contributed by atoms with Gasteiger partial charge in [-0.2, -0.15) is 0 Å². The van der Waals surface area contributed by atoms with Gasteiger partial charge in [0.05, 0.1) is 36.6 Å². The van der Waals surface area contributed by atoms with E-state index in [4.69, 9.17) is 5.11 Å². The number of ketones is 1. The van der Waals surface area contributed by atoms with Crippen molar-refractivity contribution in [3.05, 3.63) is 0 Å². The Labute approximate surface area is 349 Å². The molecular weight excluding hydrogens is 733 g/mol. The third-order valence-corrected chi connectivity index (χ3v) is 20.8. The highest BCUT2D eigenvalue weighted by atomic mass is 16.4. The maximum Gasteiger partial charge on any atom is 0.303 e. The molecule has 7 N–H and O–H groups in total. The number of rotatable bonds is 8. The molecule has 0 bridgehead atoms. The lowest BCUT2D eigenvalue weighted by Crippen LogP contribution is -2.62. The van der Waals surface area contributed by atoms with Crippen molar-refractivity contribution in [1.29, 1.82) is 0 Å². The number of carbonyl (C=O) groups excluding carboxylic acids is 1. The van der Waals surface area contributed by atoms with E-state index in [9.17, 15) is 40.2 Å². The van der Waals surface area contributed by atoms with E-state index >= 15 is 0 Å². The number of aliphatic hydroxyl groups is 6. The van der Waals surface area contributed by atoms with Crippen molar-refractivity contribution < 1.29 is 45.3 Å². The Morgan fingerprint density at radius 3 is 1.33 bits per heavy atom. The monoisotopic (exact) mass is 815 g/mol. The predicted molar refractivity (Wildman–Crippen MR) is 223 cm³/mol. The molecule has 8 aliphatic carbocycles. The van der Waals surface area contributed by atoms with Gasteiger partial charge in [-0.1, -0.05) is 41.5 Å². The van der Waals surface area contributed by atoms with Gasteiger partial charge < -0.3 is 40.5 Å². The van der Waals surface area contributed by atoms with Gasteiger partial charge in [0, 0.05) is 12.8 Å². The van der Waals surface area contributed by atoms with Crippen LogP contribution in [0.5, 0.6) is 0 Å². The highest BCUT2D eigenvalue weighted by Crippen LogP contribution is 2.70. The van der Waals surface area contributed by atoms with Crippen LogP contribution in [0.1, 0.15) is 164 Å². The molecule has 9 nitrogen and oxygen atoms in total. The van der Waals surface area contributed by atoms with Gasteiger partial charge in [-0.3, -0.25) is 4.79 Å². The van der Waals surface area contributed by atoms with E-state index in [-0.39, 0.29) is 82.1 Å². The molecule has 9 heteroatoms. The van der Waals surface area contributed by atoms with Crippen molar-refractivity contribution in [3.8, 4) is 0 Å². The van der Waals surface area contributed by atoms with Crippen LogP contribution in [0.2, 0.25) is 0 Å². The molecule has 0 aromatic carbocycles. The largest absolute Gasteiger partial charge is 0.481 e. The lowest BCUT2D eigenvalue weighted by Gasteiger charge is -2.63. The van der Waals surface area contributed by atoms with Crippen LogP contribution in [0.3, 0.4) is 0 Å². The second-order valence-corrected chi connectivity index (χ2v) is 23.2. The van der Waals surface area contributed by atoms with E-state index < -0.39 is 12.1 Å². The molecular formula is C49H82O9. The number of fused-ring (bicyclic) bond motifs is 10. The summed E-state index contributed by atoms with van der Waals surface area (Å²) in [6.45, 7) is 15.3. The van der Waals surface area contributed by atoms with Crippen molar-refractivity contribution in [2.45, 2.75) is 201 Å². The van der Waals surface area contributed by atoms with Crippen LogP contribution in [0.25, 0.3) is 0 Å². The van der Waals surface area contributed by atoms with Gasteiger partial charge in [-0.25, -0.2) is 0 Å². The minimum atomic E-state index is -0.748. The number of carbonyl (C=O) groups is 2. The molecule has 8 aliphatic rings. The molecule has 22 atom stereocenters. The summed E-state index contributed by atoms with van der Waals surface area (Å²) in [4.78, 5) is 22.6. The molecule has 0 unspecified atom stereocenters. The molecule has 332 valence electrons. The topological polar surface area (TPSA) is 176 Å². The zero-order chi connectivity index (χ0) is 42.3. The highest BCUT2D eigenvalue weighted by molar-refractivity contribution is 5.75. The van der Waals surface area contributed by atoms with Crippen LogP contribution in [-0.2, 0) is 9.59 Å². The Balaban J connectivity index is 0.000000177. The Morgan fingerprint density at radius 2 is 0.948 bits per heavy atom. The summed E-state index contributed by atoms with van der Waals surface area (Å²) in [5, 5.41) is 75.0. The third kappa shape index (κ3) is 7.39. The first-order valence-electron chi connectivity index (χ1n) is 24.0. The Morgan fingerprint density at radius 1 is 0.552 bits per heavy atom. The summed E-state index contributed by atoms with van der Waals surface area (Å²) in [6, 6.07) is 0. The van der Waals surface area contributed by atoms with Gasteiger partial charge in [0.1, 0.15) is 5.78 Å². The first kappa shape index (κ1) is 44.9. The fraction of sp³-hybridized carbons (Fsp3) is 0.959. The average Bonchev–Trinajstić information content (AvgIpc) is 3.70. The summed E-state index contributed by atoms with van der Waals surface area (Å²) in [7, 11) is 0. The van der Waals surface area contributed by atoms with Crippen LogP contribution in [0, 0.1) is 92.7 Å². The first-order valence-corrected chi connectivity index (χ1v) is 24.0. The van der Waals surface area contributed by atoms with Crippen molar-refractivity contribution in [3.63, 3.8) is 0 Å². The predicted octanol–water partition coefficient (Wildman–Crippen LogP) is 7.40. The van der Waals surface area contributed by atoms with E-state index in [1.807, 2.05) is 0 Å². The molecule has 0 heterocycles. The molecule has 0 aromatic rings. The summed E-state index contributed by atoms with van der Waals surface area (Å²) in [5.74, 6) is 3.45. The zero-order valence-electron chi connectivity index (χ0n) is 37.1. The SMILES string of the molecule is CC(=O)CC[C@@H](C)[C@@H]1CC[C@H]2[C@@H]3[C@H](O)C[C@@H]4C[C@H](O)CC[C@]4(C)[C@H]3C[C@H](O)[C@@]21C.C[C@H](CCC(=O)O)[C@@H]1CC[C@H]2[C@@H]3[C@H](O)C[C@@H]4C[C@H](O)CC[C@]4(C)[C@H]3C[C@H](O)[C@@]21C. The quantitative estimate of drug-likeness (QED) is 0.132. The third-order valence-electron chi connectivity index (χ3n) is 20.8. The molecule has 58 heavy (non-hydrogen) atoms. The normalized spacial score (nSPS) is 52.9. The number of hydrogen-bond acceptors (Lipinski definition) is 8. The van der Waals surface area contributed by atoms with E-state index in [1.165, 1.54) is 0 Å². The van der Waals surface area contributed by atoms with E-state index in [2.05, 4.69) is 41.5 Å². The number of aliphatic carboxylic acids is 1. The minimum Gasteiger partial charge on any atom is -0.481 e. The molecule has 8 fully saturated rings. The van der Waals surface area contributed by atoms with E-state index in [0.29, 0.717) is 66.1 Å². The lowest BCUT2D eigenvalue weighted by molar-refractivity contribution is -0.207. The van der Waals surface area contributed by atoms with Crippen LogP contribution < -0.4 is 0 Å². The summed E-state index contributed by atoms with van der Waals surface area (Å²) < 4.78 is 0. The second kappa shape index (κ2) is 16.5. The fourth-order valence-electron chi connectivity index (χ4n) is 17.4. The van der Waals surface area contributed by atoms with Crippen LogP contribution in [-0.4, -0.2) is 84.1 Å². The van der Waals surface area contributed by atoms with Crippen molar-refractivity contribution in [1.82, 2.24) is 0 Å². The maximum absolute atomic E-state index is 11.5. The van der Waals surface area contributed by atoms with Gasteiger partial charge in [-0.05, 0) is 202 Å². The Bertz CT molecular complexity index is 1380. The number of carboxylic acid groups (broad SMARTS) is 1. The second-order valence-electron chi connectivity index (χ2n) is 23.2. The summed E-state index contributed by atoms with van der Waals surface area (Å²) >= 11 is 0. The van der Waals surface area contributed by atoms with Gasteiger partial charge in [-0.15, -0.1) is 0 Å². The highest BCUT2D eigenvalue weighted by Gasteiger charge is 2.67. The average molecular weight is 815 g/mol. The van der Waals surface area contributed by atoms with Crippen molar-refractivity contribution in [2.75, 3.05) is 0 Å². The molecule has 0 amide bonds. The summed E-state index contributed by atoms with van der Waals surface area (Å²) in [5.41, 5.74) is -0.171. The van der Waals surface area contributed by atoms with Crippen LogP contribution in [0.15, 0.2) is 0 Å². The molecule has 8 rings (SSSR count). The Hall–Kier alpha value is -1.10. The molecule has 0 aliphatic heterocycles. The molecule has 0 spiro atoms. The van der Waals surface area contributed by atoms with Crippen LogP contribution >= 0.6 is 0 Å². The number of hydrogen-bond donors (Lipinski definition) is 7. The molecule has 0 radical (unpaired) electrons. The maximum atomic E-state index is 11.5. The van der Waals surface area contributed by atoms with Gasteiger partial charge >= 0.3 is 5.97 Å². The van der Waals surface area contributed by atoms with Crippen molar-refractivity contribution >= 4 is 11.8 Å². The van der Waals surface area contributed by atoms with Gasteiger partial charge in [0.2, 0.25) is 0 Å². The van der Waals surface area contributed by atoms with E-state index in [1.54, 1.807) is 6.92 Å². The molecule has 8 saturated carbocycles. The minimum absolute atomic E-state index is 0.0957. The van der Waals surface area contributed by atoms with Crippen molar-refractivity contribution in [2.24, 2.45) is 92.7 Å². The number of aliphatic hydroxyl groups excluding tert-OH is 6. The standard InChI is InChI=1S/C25H42O4.C24H40O5/c1-14(5-6-15(2)26)18-7-8-19-23-20(13-22(29)25(18,19)4)24(3)10-9-17(27)11-16(24)12-21(23)28;1-13(4-7-21(28)29)16-5-6-17-22-18(12-20(27)24(16,17)3)23(2)9-8-15(25)10-14(23)11-19(22)26/h14,16-23,27-29H,5-13H2,1-4H3;13-20,22,25-27H,4-12H2,1-3H3,(H,28,29)/t14-,16+,17-,18+,19+,20+,21-,22+,23+,24+,25-;13-,14+,15-,16+,17+,18+,19-,20+,22+,23+,24-/m11/s1. The smallest absolute Gasteiger partial charge is 0.303 e. The fourth-order valence-corrected chi connectivity index (χ4v) is 17.4. The molecule has 0 aromatic heterocycles. The number of Topliss-reactive ketones (excluding diaryl/α,β-unsaturated/α-hetero) is 1. The molecule has 0 saturated heterocycles. The van der Waals surface area contributed by atoms with Gasteiger partial charge in [0.25, 0.3) is 0 Å². The Kier molecular flexibility index (Phi) is 12.8.